The van der Waals surface area contributed by atoms with Crippen LogP contribution in [0.4, 0.5) is 0 Å². The second-order valence-corrected chi connectivity index (χ2v) is 4.58. The molecule has 0 aliphatic heterocycles. The third-order valence-corrected chi connectivity index (χ3v) is 2.31. The van der Waals surface area contributed by atoms with E-state index >= 15 is 0 Å². The highest BCUT2D eigenvalue weighted by Gasteiger charge is 2.13. The monoisotopic (exact) mass is 260 g/mol. The number of hydrogen-bond donors (Lipinski definition) is 1. The van der Waals surface area contributed by atoms with Crippen LogP contribution in [0.15, 0.2) is 0 Å². The van der Waals surface area contributed by atoms with E-state index in [2.05, 4.69) is 6.92 Å². The molecule has 0 amide bonds. The third-order valence-electron chi connectivity index (χ3n) is 2.31. The predicted molar refractivity (Wildman–Crippen MR) is 66.9 cm³/mol. The summed E-state index contributed by atoms with van der Waals surface area (Å²) in [6.07, 6.45) is 2.24. The van der Waals surface area contributed by atoms with E-state index in [1.54, 1.807) is 13.8 Å². The molecule has 18 heavy (non-hydrogen) atoms. The van der Waals surface area contributed by atoms with Gasteiger partial charge in [-0.1, -0.05) is 33.6 Å². The Kier molecular flexibility index (Phi) is 9.28. The Labute approximate surface area is 108 Å². The third kappa shape index (κ3) is 8.98. The van der Waals surface area contributed by atoms with Gasteiger partial charge in [0.05, 0.1) is 5.92 Å². The van der Waals surface area contributed by atoms with Crippen LogP contribution in [0.25, 0.3) is 0 Å². The standard InChI is InChI=1S/C13H24O5/c1-4-5-6-7-12(15)17-8-11(14)9-18-13(16)10(2)3/h10-11,14H,4-9H2,1-3H3. The molecule has 0 radical (unpaired) electrons. The number of carbonyl (C=O) groups excluding carboxylic acids is 2. The van der Waals surface area contributed by atoms with Crippen LogP contribution in [0.5, 0.6) is 0 Å². The van der Waals surface area contributed by atoms with Crippen molar-refractivity contribution in [1.82, 2.24) is 0 Å². The van der Waals surface area contributed by atoms with Gasteiger partial charge in [0, 0.05) is 6.42 Å². The molecule has 0 saturated carbocycles. The largest absolute Gasteiger partial charge is 0.463 e. The van der Waals surface area contributed by atoms with Gasteiger partial charge in [-0.05, 0) is 6.42 Å². The molecular formula is C13H24O5. The summed E-state index contributed by atoms with van der Waals surface area (Å²) in [5.74, 6) is -0.921. The van der Waals surface area contributed by atoms with Crippen LogP contribution in [-0.4, -0.2) is 36.4 Å². The summed E-state index contributed by atoms with van der Waals surface area (Å²) in [7, 11) is 0. The number of aliphatic hydroxyl groups excluding tert-OH is 1. The van der Waals surface area contributed by atoms with Crippen molar-refractivity contribution in [3.05, 3.63) is 0 Å². The van der Waals surface area contributed by atoms with Crippen LogP contribution in [0.3, 0.4) is 0 Å². The van der Waals surface area contributed by atoms with Crippen molar-refractivity contribution < 1.29 is 24.2 Å². The number of esters is 2. The Morgan fingerprint density at radius 3 is 2.28 bits per heavy atom. The van der Waals surface area contributed by atoms with E-state index in [0.717, 1.165) is 19.3 Å². The first kappa shape index (κ1) is 16.9. The molecule has 0 aromatic carbocycles. The highest BCUT2D eigenvalue weighted by molar-refractivity contribution is 5.71. The van der Waals surface area contributed by atoms with Gasteiger partial charge >= 0.3 is 11.9 Å². The van der Waals surface area contributed by atoms with E-state index < -0.39 is 6.10 Å². The first-order valence-electron chi connectivity index (χ1n) is 6.47. The van der Waals surface area contributed by atoms with Crippen molar-refractivity contribution >= 4 is 11.9 Å². The van der Waals surface area contributed by atoms with Gasteiger partial charge in [-0.2, -0.15) is 0 Å². The first-order valence-corrected chi connectivity index (χ1v) is 6.47. The summed E-state index contributed by atoms with van der Waals surface area (Å²) in [6, 6.07) is 0. The summed E-state index contributed by atoms with van der Waals surface area (Å²) in [6.45, 7) is 5.21. The van der Waals surface area contributed by atoms with Crippen molar-refractivity contribution in [1.29, 1.82) is 0 Å². The van der Waals surface area contributed by atoms with Crippen LogP contribution >= 0.6 is 0 Å². The molecule has 0 saturated heterocycles. The zero-order valence-electron chi connectivity index (χ0n) is 11.5. The second kappa shape index (κ2) is 9.88. The molecule has 5 nitrogen and oxygen atoms in total. The predicted octanol–water partition coefficient (Wildman–Crippen LogP) is 1.67. The Hall–Kier alpha value is -1.10. The summed E-state index contributed by atoms with van der Waals surface area (Å²) >= 11 is 0. The van der Waals surface area contributed by atoms with Crippen molar-refractivity contribution in [2.24, 2.45) is 5.92 Å². The van der Waals surface area contributed by atoms with Crippen molar-refractivity contribution in [3.8, 4) is 0 Å². The Bertz CT molecular complexity index is 250. The molecular weight excluding hydrogens is 236 g/mol. The molecule has 5 heteroatoms. The van der Waals surface area contributed by atoms with Crippen LogP contribution in [0.2, 0.25) is 0 Å². The van der Waals surface area contributed by atoms with Crippen molar-refractivity contribution in [3.63, 3.8) is 0 Å². The van der Waals surface area contributed by atoms with Gasteiger partial charge in [-0.25, -0.2) is 0 Å². The van der Waals surface area contributed by atoms with Crippen molar-refractivity contribution in [2.45, 2.75) is 52.6 Å². The van der Waals surface area contributed by atoms with Gasteiger partial charge < -0.3 is 14.6 Å². The lowest BCUT2D eigenvalue weighted by molar-refractivity contribution is -0.154. The zero-order valence-corrected chi connectivity index (χ0v) is 11.5. The van der Waals surface area contributed by atoms with Crippen LogP contribution in [0.1, 0.15) is 46.5 Å². The number of rotatable bonds is 9. The number of aliphatic hydroxyl groups is 1. The molecule has 0 rings (SSSR count). The average Bonchev–Trinajstić information content (AvgIpc) is 2.33. The minimum atomic E-state index is -0.956. The van der Waals surface area contributed by atoms with Gasteiger partial charge in [0.25, 0.3) is 0 Å². The fourth-order valence-corrected chi connectivity index (χ4v) is 1.17. The number of hydrogen-bond acceptors (Lipinski definition) is 5. The molecule has 0 spiro atoms. The molecule has 0 bridgehead atoms. The molecule has 0 heterocycles. The van der Waals surface area contributed by atoms with E-state index in [1.807, 2.05) is 0 Å². The van der Waals surface area contributed by atoms with Crippen LogP contribution in [0, 0.1) is 5.92 Å². The van der Waals surface area contributed by atoms with Gasteiger partial charge in [-0.3, -0.25) is 9.59 Å². The summed E-state index contributed by atoms with van der Waals surface area (Å²) < 4.78 is 9.68. The lowest BCUT2D eigenvalue weighted by atomic mass is 10.2. The van der Waals surface area contributed by atoms with Gasteiger partial charge in [-0.15, -0.1) is 0 Å². The SMILES string of the molecule is CCCCCC(=O)OCC(O)COC(=O)C(C)C. The maximum Gasteiger partial charge on any atom is 0.308 e. The molecule has 1 N–H and O–H groups in total. The summed E-state index contributed by atoms with van der Waals surface area (Å²) in [5.41, 5.74) is 0. The quantitative estimate of drug-likeness (QED) is 0.504. The Balaban J connectivity index is 3.60. The van der Waals surface area contributed by atoms with Gasteiger partial charge in [0.2, 0.25) is 0 Å². The van der Waals surface area contributed by atoms with Crippen LogP contribution in [-0.2, 0) is 19.1 Å². The van der Waals surface area contributed by atoms with E-state index in [-0.39, 0.29) is 31.1 Å². The van der Waals surface area contributed by atoms with E-state index in [9.17, 15) is 14.7 Å². The Morgan fingerprint density at radius 2 is 1.72 bits per heavy atom. The molecule has 0 aliphatic rings. The van der Waals surface area contributed by atoms with Gasteiger partial charge in [0.1, 0.15) is 19.3 Å². The zero-order chi connectivity index (χ0) is 14.0. The highest BCUT2D eigenvalue weighted by atomic mass is 16.6. The maximum atomic E-state index is 11.2. The normalized spacial score (nSPS) is 12.3. The number of ether oxygens (including phenoxy) is 2. The molecule has 0 aromatic rings. The molecule has 0 fully saturated rings. The fraction of sp³-hybridized carbons (Fsp3) is 0.846. The van der Waals surface area contributed by atoms with Gasteiger partial charge in [0.15, 0.2) is 0 Å². The molecule has 106 valence electrons. The molecule has 0 aliphatic carbocycles. The minimum absolute atomic E-state index is 0.129. The van der Waals surface area contributed by atoms with E-state index in [1.165, 1.54) is 0 Å². The summed E-state index contributed by atoms with van der Waals surface area (Å²) in [5, 5.41) is 9.45. The van der Waals surface area contributed by atoms with Crippen molar-refractivity contribution in [2.75, 3.05) is 13.2 Å². The second-order valence-electron chi connectivity index (χ2n) is 4.58. The highest BCUT2D eigenvalue weighted by Crippen LogP contribution is 2.02. The molecule has 1 atom stereocenters. The Morgan fingerprint density at radius 1 is 1.11 bits per heavy atom. The van der Waals surface area contributed by atoms with E-state index in [0.29, 0.717) is 6.42 Å². The minimum Gasteiger partial charge on any atom is -0.463 e. The van der Waals surface area contributed by atoms with Crippen LogP contribution < -0.4 is 0 Å². The topological polar surface area (TPSA) is 72.8 Å². The fourth-order valence-electron chi connectivity index (χ4n) is 1.17. The number of carbonyl (C=O) groups is 2. The molecule has 0 aromatic heterocycles. The maximum absolute atomic E-state index is 11.2. The smallest absolute Gasteiger partial charge is 0.308 e. The lowest BCUT2D eigenvalue weighted by Gasteiger charge is -2.13. The lowest BCUT2D eigenvalue weighted by Crippen LogP contribution is -2.26. The molecule has 1 unspecified atom stereocenters. The average molecular weight is 260 g/mol. The number of unbranched alkanes of at least 4 members (excludes halogenated alkanes) is 2. The summed E-state index contributed by atoms with van der Waals surface area (Å²) in [4.78, 5) is 22.3. The van der Waals surface area contributed by atoms with E-state index in [4.69, 9.17) is 9.47 Å². The first-order chi connectivity index (χ1) is 8.47.